The van der Waals surface area contributed by atoms with Gasteiger partial charge < -0.3 is 14.8 Å². The molecule has 0 heterocycles. The van der Waals surface area contributed by atoms with Crippen LogP contribution in [0.3, 0.4) is 0 Å². The summed E-state index contributed by atoms with van der Waals surface area (Å²) in [5, 5.41) is 2.85. The summed E-state index contributed by atoms with van der Waals surface area (Å²) in [4.78, 5) is 25.2. The molecule has 1 amide bonds. The van der Waals surface area contributed by atoms with E-state index in [1.807, 2.05) is 30.3 Å². The lowest BCUT2D eigenvalue weighted by Crippen LogP contribution is -2.31. The number of hydrogen-bond acceptors (Lipinski definition) is 6. The van der Waals surface area contributed by atoms with Crippen molar-refractivity contribution in [3.05, 3.63) is 90.0 Å². The fourth-order valence-corrected chi connectivity index (χ4v) is 4.37. The number of rotatable bonds is 10. The minimum absolute atomic E-state index is 0.00462. The van der Waals surface area contributed by atoms with E-state index in [-0.39, 0.29) is 23.0 Å². The molecule has 0 fully saturated rings. The van der Waals surface area contributed by atoms with Gasteiger partial charge >= 0.3 is 5.97 Å². The molecule has 1 unspecified atom stereocenters. The number of carbonyl (C=O) groups excluding carboxylic acids is 2. The molecule has 0 aromatic heterocycles. The van der Waals surface area contributed by atoms with Crippen LogP contribution in [-0.4, -0.2) is 33.5 Å². The second kappa shape index (κ2) is 11.5. The standard InChI is InChI=1S/C26H28N2O6S/c1-18(2)34-25(29)17-24(19-7-5-4-6-8-19)27-26(30)20-9-15-23(16-10-20)35(31,32)28-21-11-13-22(33-3)14-12-21/h4-16,18,24,28H,17H2,1-3H3,(H,27,30). The van der Waals surface area contributed by atoms with E-state index in [0.717, 1.165) is 5.56 Å². The van der Waals surface area contributed by atoms with E-state index >= 15 is 0 Å². The molecule has 0 aliphatic rings. The number of ether oxygens (including phenoxy) is 2. The zero-order valence-corrected chi connectivity index (χ0v) is 20.5. The molecule has 9 heteroatoms. The second-order valence-electron chi connectivity index (χ2n) is 8.04. The summed E-state index contributed by atoms with van der Waals surface area (Å²) in [7, 11) is -2.33. The third kappa shape index (κ3) is 7.31. The van der Waals surface area contributed by atoms with Crippen LogP contribution in [-0.2, 0) is 19.6 Å². The van der Waals surface area contributed by atoms with Crippen molar-refractivity contribution in [2.45, 2.75) is 37.3 Å². The maximum absolute atomic E-state index is 12.9. The fraction of sp³-hybridized carbons (Fsp3) is 0.231. The Kier molecular flexibility index (Phi) is 8.48. The molecular weight excluding hydrogens is 468 g/mol. The van der Waals surface area contributed by atoms with Crippen LogP contribution in [0.15, 0.2) is 83.8 Å². The van der Waals surface area contributed by atoms with Crippen LogP contribution in [0, 0.1) is 0 Å². The number of anilines is 1. The van der Waals surface area contributed by atoms with Crippen LogP contribution in [0.1, 0.15) is 42.2 Å². The zero-order valence-electron chi connectivity index (χ0n) is 19.7. The average molecular weight is 497 g/mol. The molecule has 3 aromatic carbocycles. The summed E-state index contributed by atoms with van der Waals surface area (Å²) >= 11 is 0. The lowest BCUT2D eigenvalue weighted by Gasteiger charge is -2.19. The SMILES string of the molecule is COc1ccc(NS(=O)(=O)c2ccc(C(=O)NC(CC(=O)OC(C)C)c3ccccc3)cc2)cc1. The molecule has 0 aliphatic heterocycles. The minimum Gasteiger partial charge on any atom is -0.497 e. The normalized spacial score (nSPS) is 12.0. The highest BCUT2D eigenvalue weighted by Gasteiger charge is 2.21. The highest BCUT2D eigenvalue weighted by Crippen LogP contribution is 2.21. The van der Waals surface area contributed by atoms with Gasteiger partial charge in [-0.1, -0.05) is 30.3 Å². The van der Waals surface area contributed by atoms with Gasteiger partial charge in [0.15, 0.2) is 0 Å². The van der Waals surface area contributed by atoms with E-state index in [2.05, 4.69) is 10.0 Å². The Labute approximate surface area is 205 Å². The van der Waals surface area contributed by atoms with Crippen LogP contribution in [0.5, 0.6) is 5.75 Å². The number of amides is 1. The summed E-state index contributed by atoms with van der Waals surface area (Å²) in [5.41, 5.74) is 1.39. The number of sulfonamides is 1. The lowest BCUT2D eigenvalue weighted by molar-refractivity contribution is -0.147. The van der Waals surface area contributed by atoms with Crippen LogP contribution in [0.4, 0.5) is 5.69 Å². The van der Waals surface area contributed by atoms with Crippen molar-refractivity contribution >= 4 is 27.6 Å². The summed E-state index contributed by atoms with van der Waals surface area (Å²) in [6, 6.07) is 20.5. The summed E-state index contributed by atoms with van der Waals surface area (Å²) in [5.74, 6) is -0.266. The smallest absolute Gasteiger partial charge is 0.308 e. The topological polar surface area (TPSA) is 111 Å². The highest BCUT2D eigenvalue weighted by molar-refractivity contribution is 7.92. The van der Waals surface area contributed by atoms with E-state index in [9.17, 15) is 18.0 Å². The molecule has 0 radical (unpaired) electrons. The molecule has 3 aromatic rings. The summed E-state index contributed by atoms with van der Waals surface area (Å²) in [6.07, 6.45) is -0.303. The maximum Gasteiger partial charge on any atom is 0.308 e. The molecule has 0 saturated carbocycles. The van der Waals surface area contributed by atoms with Gasteiger partial charge in [0.25, 0.3) is 15.9 Å². The van der Waals surface area contributed by atoms with Gasteiger partial charge in [-0.2, -0.15) is 0 Å². The Bertz CT molecular complexity index is 1240. The predicted octanol–water partition coefficient (Wildman–Crippen LogP) is 4.31. The minimum atomic E-state index is -3.85. The molecule has 0 bridgehead atoms. The summed E-state index contributed by atoms with van der Waals surface area (Å²) < 4.78 is 38.2. The molecule has 2 N–H and O–H groups in total. The first kappa shape index (κ1) is 25.8. The molecule has 0 saturated heterocycles. The first-order valence-electron chi connectivity index (χ1n) is 11.0. The third-order valence-electron chi connectivity index (χ3n) is 5.01. The Morgan fingerprint density at radius 1 is 0.886 bits per heavy atom. The molecule has 8 nitrogen and oxygen atoms in total. The van der Waals surface area contributed by atoms with Crippen LogP contribution < -0.4 is 14.8 Å². The van der Waals surface area contributed by atoms with E-state index in [1.54, 1.807) is 38.1 Å². The lowest BCUT2D eigenvalue weighted by atomic mass is 10.0. The molecule has 35 heavy (non-hydrogen) atoms. The highest BCUT2D eigenvalue weighted by atomic mass is 32.2. The maximum atomic E-state index is 12.9. The number of carbonyl (C=O) groups is 2. The second-order valence-corrected chi connectivity index (χ2v) is 9.72. The van der Waals surface area contributed by atoms with Crippen LogP contribution in [0.25, 0.3) is 0 Å². The largest absolute Gasteiger partial charge is 0.497 e. The molecule has 3 rings (SSSR count). The predicted molar refractivity (Wildman–Crippen MR) is 133 cm³/mol. The molecule has 1 atom stereocenters. The monoisotopic (exact) mass is 496 g/mol. The molecular formula is C26H28N2O6S. The van der Waals surface area contributed by atoms with Gasteiger partial charge in [0, 0.05) is 11.3 Å². The van der Waals surface area contributed by atoms with Crippen molar-refractivity contribution in [1.29, 1.82) is 0 Å². The number of nitrogens with one attached hydrogen (secondary N) is 2. The van der Waals surface area contributed by atoms with Crippen LogP contribution in [0.2, 0.25) is 0 Å². The van der Waals surface area contributed by atoms with E-state index in [1.165, 1.54) is 31.4 Å². The van der Waals surface area contributed by atoms with Crippen molar-refractivity contribution in [1.82, 2.24) is 5.32 Å². The number of methoxy groups -OCH3 is 1. The van der Waals surface area contributed by atoms with Crippen molar-refractivity contribution in [2.24, 2.45) is 0 Å². The van der Waals surface area contributed by atoms with Crippen LogP contribution >= 0.6 is 0 Å². The van der Waals surface area contributed by atoms with Gasteiger partial charge in [0.05, 0.1) is 30.6 Å². The third-order valence-corrected chi connectivity index (χ3v) is 6.41. The summed E-state index contributed by atoms with van der Waals surface area (Å²) in [6.45, 7) is 3.51. The van der Waals surface area contributed by atoms with E-state index in [4.69, 9.17) is 9.47 Å². The van der Waals surface area contributed by atoms with Gasteiger partial charge in [-0.15, -0.1) is 0 Å². The van der Waals surface area contributed by atoms with E-state index in [0.29, 0.717) is 11.4 Å². The number of esters is 1. The average Bonchev–Trinajstić information content (AvgIpc) is 2.84. The number of hydrogen-bond donors (Lipinski definition) is 2. The Morgan fingerprint density at radius 3 is 2.09 bits per heavy atom. The van der Waals surface area contributed by atoms with Gasteiger partial charge in [-0.05, 0) is 67.9 Å². The van der Waals surface area contributed by atoms with Crippen molar-refractivity contribution in [3.8, 4) is 5.75 Å². The Morgan fingerprint density at radius 2 is 1.51 bits per heavy atom. The van der Waals surface area contributed by atoms with Crippen molar-refractivity contribution in [3.63, 3.8) is 0 Å². The van der Waals surface area contributed by atoms with Gasteiger partial charge in [0.2, 0.25) is 0 Å². The first-order chi connectivity index (χ1) is 16.7. The van der Waals surface area contributed by atoms with Gasteiger partial charge in [0.1, 0.15) is 5.75 Å². The fourth-order valence-electron chi connectivity index (χ4n) is 3.32. The van der Waals surface area contributed by atoms with Crippen molar-refractivity contribution < 1.29 is 27.5 Å². The van der Waals surface area contributed by atoms with E-state index < -0.39 is 27.9 Å². The Hall–Kier alpha value is -3.85. The molecule has 184 valence electrons. The Balaban J connectivity index is 1.72. The molecule has 0 spiro atoms. The number of benzene rings is 3. The quantitative estimate of drug-likeness (QED) is 0.405. The zero-order chi connectivity index (χ0) is 25.4. The first-order valence-corrected chi connectivity index (χ1v) is 12.5. The van der Waals surface area contributed by atoms with Gasteiger partial charge in [-0.3, -0.25) is 14.3 Å². The van der Waals surface area contributed by atoms with Crippen molar-refractivity contribution in [2.75, 3.05) is 11.8 Å². The molecule has 0 aliphatic carbocycles. The van der Waals surface area contributed by atoms with Gasteiger partial charge in [-0.25, -0.2) is 8.42 Å².